The number of hydrogen-bond acceptors (Lipinski definition) is 4. The van der Waals surface area contributed by atoms with Crippen LogP contribution in [0.2, 0.25) is 0 Å². The van der Waals surface area contributed by atoms with Crippen LogP contribution >= 0.6 is 0 Å². The van der Waals surface area contributed by atoms with Crippen molar-refractivity contribution in [1.29, 1.82) is 0 Å². The van der Waals surface area contributed by atoms with Gasteiger partial charge in [-0.15, -0.1) is 0 Å². The lowest BCUT2D eigenvalue weighted by atomic mass is 10.1. The maximum atomic E-state index is 12.4. The first kappa shape index (κ1) is 13.5. The van der Waals surface area contributed by atoms with Gasteiger partial charge >= 0.3 is 0 Å². The highest BCUT2D eigenvalue weighted by molar-refractivity contribution is 5.98. The van der Waals surface area contributed by atoms with E-state index in [-0.39, 0.29) is 5.78 Å². The van der Waals surface area contributed by atoms with E-state index < -0.39 is 0 Å². The molecule has 0 bridgehead atoms. The van der Waals surface area contributed by atoms with E-state index in [9.17, 15) is 4.79 Å². The van der Waals surface area contributed by atoms with Crippen LogP contribution in [-0.2, 0) is 6.42 Å². The number of furan rings is 1. The summed E-state index contributed by atoms with van der Waals surface area (Å²) < 4.78 is 7.24. The molecule has 0 aliphatic carbocycles. The number of carbonyl (C=O) groups excluding carboxylic acids is 1. The normalized spacial score (nSPS) is 11.0. The molecule has 0 saturated carbocycles. The predicted molar refractivity (Wildman–Crippen MR) is 85.2 cm³/mol. The highest BCUT2D eigenvalue weighted by atomic mass is 16.3. The molecule has 5 nitrogen and oxygen atoms in total. The molecule has 0 saturated heterocycles. The molecule has 3 heterocycles. The van der Waals surface area contributed by atoms with Gasteiger partial charge < -0.3 is 4.42 Å². The van der Waals surface area contributed by atoms with Crippen molar-refractivity contribution < 1.29 is 9.21 Å². The molecule has 0 spiro atoms. The third-order valence-corrected chi connectivity index (χ3v) is 3.66. The summed E-state index contributed by atoms with van der Waals surface area (Å²) in [5.74, 6) is 0.598. The second kappa shape index (κ2) is 5.53. The van der Waals surface area contributed by atoms with Crippen LogP contribution in [0.15, 0.2) is 71.6 Å². The second-order valence-electron chi connectivity index (χ2n) is 5.22. The van der Waals surface area contributed by atoms with Crippen molar-refractivity contribution in [3.63, 3.8) is 0 Å². The summed E-state index contributed by atoms with van der Waals surface area (Å²) >= 11 is 0. The van der Waals surface area contributed by atoms with Crippen molar-refractivity contribution in [3.8, 4) is 11.5 Å². The van der Waals surface area contributed by atoms with E-state index in [1.807, 2.05) is 42.5 Å². The van der Waals surface area contributed by atoms with Crippen LogP contribution in [-0.4, -0.2) is 20.4 Å². The molecule has 0 unspecified atom stereocenters. The lowest BCUT2D eigenvalue weighted by molar-refractivity contribution is 0.0992. The molecule has 0 N–H and O–H groups in total. The molecule has 0 radical (unpaired) electrons. The third kappa shape index (κ3) is 2.53. The van der Waals surface area contributed by atoms with Gasteiger partial charge in [0.2, 0.25) is 0 Å². The Balaban J connectivity index is 1.63. The van der Waals surface area contributed by atoms with Gasteiger partial charge in [0.25, 0.3) is 0 Å². The van der Waals surface area contributed by atoms with E-state index >= 15 is 0 Å². The van der Waals surface area contributed by atoms with Crippen LogP contribution in [0.1, 0.15) is 15.9 Å². The maximum absolute atomic E-state index is 12.4. The van der Waals surface area contributed by atoms with Crippen LogP contribution in [0, 0.1) is 0 Å². The van der Waals surface area contributed by atoms with E-state index in [1.165, 1.54) is 6.26 Å². The lowest BCUT2D eigenvalue weighted by Gasteiger charge is -1.97. The number of Topliss-reactive ketones (excluding diaryl/α,β-unsaturated/α-hetero) is 1. The minimum atomic E-state index is 0.0213. The van der Waals surface area contributed by atoms with E-state index in [0.717, 1.165) is 16.9 Å². The number of rotatable bonds is 4. The lowest BCUT2D eigenvalue weighted by Crippen LogP contribution is -2.01. The highest BCUT2D eigenvalue weighted by Gasteiger charge is 2.15. The molecule has 0 aliphatic rings. The number of benzene rings is 1. The molecule has 5 heteroatoms. The average Bonchev–Trinajstić information content (AvgIpc) is 3.22. The monoisotopic (exact) mass is 303 g/mol. The van der Waals surface area contributed by atoms with Crippen molar-refractivity contribution >= 4 is 11.4 Å². The molecule has 4 aromatic rings. The molecule has 4 rings (SSSR count). The van der Waals surface area contributed by atoms with Crippen LogP contribution < -0.4 is 0 Å². The van der Waals surface area contributed by atoms with E-state index in [1.54, 1.807) is 23.0 Å². The Hall–Kier alpha value is -3.21. The molecular weight excluding hydrogens is 290 g/mol. The zero-order valence-corrected chi connectivity index (χ0v) is 12.2. The van der Waals surface area contributed by atoms with Crippen molar-refractivity contribution in [2.75, 3.05) is 0 Å². The number of fused-ring (bicyclic) bond motifs is 1. The predicted octanol–water partition coefficient (Wildman–Crippen LogP) is 3.41. The Morgan fingerprint density at radius 2 is 2.00 bits per heavy atom. The molecule has 1 aromatic carbocycles. The summed E-state index contributed by atoms with van der Waals surface area (Å²) in [7, 11) is 0. The van der Waals surface area contributed by atoms with Crippen molar-refractivity contribution in [3.05, 3.63) is 78.3 Å². The van der Waals surface area contributed by atoms with E-state index in [4.69, 9.17) is 4.42 Å². The van der Waals surface area contributed by atoms with Gasteiger partial charge in [0.05, 0.1) is 11.8 Å². The summed E-state index contributed by atoms with van der Waals surface area (Å²) in [5.41, 5.74) is 2.99. The third-order valence-electron chi connectivity index (χ3n) is 3.66. The Kier molecular flexibility index (Phi) is 3.24. The fourth-order valence-electron chi connectivity index (χ4n) is 2.50. The van der Waals surface area contributed by atoms with Gasteiger partial charge in [-0.05, 0) is 23.8 Å². The molecule has 0 fully saturated rings. The number of hydrogen-bond donors (Lipinski definition) is 0. The topological polar surface area (TPSA) is 60.4 Å². The number of ketones is 1. The Morgan fingerprint density at radius 1 is 1.13 bits per heavy atom. The van der Waals surface area contributed by atoms with Crippen LogP contribution in [0.4, 0.5) is 0 Å². The minimum absolute atomic E-state index is 0.0213. The highest BCUT2D eigenvalue weighted by Crippen LogP contribution is 2.23. The molecular formula is C18H13N3O2. The molecule has 0 amide bonds. The fourth-order valence-corrected chi connectivity index (χ4v) is 2.50. The van der Waals surface area contributed by atoms with Crippen LogP contribution in [0.25, 0.3) is 17.1 Å². The first-order chi connectivity index (χ1) is 11.3. The van der Waals surface area contributed by atoms with Gasteiger partial charge in [-0.2, -0.15) is 5.10 Å². The Morgan fingerprint density at radius 3 is 2.87 bits per heavy atom. The molecule has 112 valence electrons. The number of imidazole rings is 1. The number of carbonyl (C=O) groups is 1. The molecule has 0 aliphatic heterocycles. The van der Waals surface area contributed by atoms with Crippen molar-refractivity contribution in [1.82, 2.24) is 14.6 Å². The molecule has 0 atom stereocenters. The summed E-state index contributed by atoms with van der Waals surface area (Å²) in [6.07, 6.45) is 5.21. The van der Waals surface area contributed by atoms with Gasteiger partial charge in [-0.3, -0.25) is 4.79 Å². The Labute approximate surface area is 132 Å². The molecule has 3 aromatic heterocycles. The zero-order chi connectivity index (χ0) is 15.6. The largest absolute Gasteiger partial charge is 0.462 e. The summed E-state index contributed by atoms with van der Waals surface area (Å²) in [5, 5.41) is 4.25. The van der Waals surface area contributed by atoms with Gasteiger partial charge in [-0.1, -0.05) is 30.3 Å². The van der Waals surface area contributed by atoms with Crippen LogP contribution in [0.3, 0.4) is 0 Å². The Bertz CT molecular complexity index is 970. The first-order valence-electron chi connectivity index (χ1n) is 7.26. The number of nitrogens with zero attached hydrogens (tertiary/aromatic N) is 3. The fraction of sp³-hybridized carbons (Fsp3) is 0.0556. The maximum Gasteiger partial charge on any atom is 0.170 e. The van der Waals surface area contributed by atoms with Crippen molar-refractivity contribution in [2.24, 2.45) is 0 Å². The van der Waals surface area contributed by atoms with Crippen LogP contribution in [0.5, 0.6) is 0 Å². The quantitative estimate of drug-likeness (QED) is 0.542. The zero-order valence-electron chi connectivity index (χ0n) is 12.2. The van der Waals surface area contributed by atoms with Gasteiger partial charge in [0.1, 0.15) is 12.0 Å². The van der Waals surface area contributed by atoms with E-state index in [0.29, 0.717) is 17.7 Å². The standard InChI is InChI=1S/C18H13N3O2/c22-16(9-13-5-2-1-3-6-13)14-10-17(23-12-14)15-11-19-18-7-4-8-20-21(15)18/h1-8,10-12H,9H2. The second-order valence-corrected chi connectivity index (χ2v) is 5.22. The summed E-state index contributed by atoms with van der Waals surface area (Å²) in [4.78, 5) is 16.6. The smallest absolute Gasteiger partial charge is 0.170 e. The minimum Gasteiger partial charge on any atom is -0.462 e. The van der Waals surface area contributed by atoms with Gasteiger partial charge in [0, 0.05) is 12.6 Å². The van der Waals surface area contributed by atoms with E-state index in [2.05, 4.69) is 10.1 Å². The van der Waals surface area contributed by atoms with Gasteiger partial charge in [0.15, 0.2) is 17.2 Å². The SMILES string of the molecule is O=C(Cc1ccccc1)c1coc(-c2cnc3cccnn23)c1. The summed E-state index contributed by atoms with van der Waals surface area (Å²) in [6.45, 7) is 0. The average molecular weight is 303 g/mol. The molecule has 23 heavy (non-hydrogen) atoms. The number of aromatic nitrogens is 3. The summed E-state index contributed by atoms with van der Waals surface area (Å²) in [6, 6.07) is 15.1. The van der Waals surface area contributed by atoms with Crippen molar-refractivity contribution in [2.45, 2.75) is 6.42 Å². The first-order valence-corrected chi connectivity index (χ1v) is 7.26. The van der Waals surface area contributed by atoms with Gasteiger partial charge in [-0.25, -0.2) is 9.50 Å².